The lowest BCUT2D eigenvalue weighted by atomic mass is 9.99. The molecule has 0 radical (unpaired) electrons. The van der Waals surface area contributed by atoms with Gasteiger partial charge in [-0.3, -0.25) is 0 Å². The Morgan fingerprint density at radius 1 is 1.50 bits per heavy atom. The largest absolute Gasteiger partial charge is 0.381 e. The summed E-state index contributed by atoms with van der Waals surface area (Å²) in [5.41, 5.74) is 5.63. The summed E-state index contributed by atoms with van der Waals surface area (Å²) in [5, 5.41) is 0. The molecule has 2 rings (SSSR count). The van der Waals surface area contributed by atoms with Gasteiger partial charge >= 0.3 is 0 Å². The van der Waals surface area contributed by atoms with Crippen molar-refractivity contribution in [3.8, 4) is 0 Å². The summed E-state index contributed by atoms with van der Waals surface area (Å²) < 4.78 is 6.59. The maximum atomic E-state index is 5.63. The molecule has 1 aliphatic heterocycles. The van der Waals surface area contributed by atoms with Gasteiger partial charge < -0.3 is 10.5 Å². The Labute approximate surface area is 96.6 Å². The van der Waals surface area contributed by atoms with Crippen molar-refractivity contribution in [1.82, 2.24) is 0 Å². The molecule has 2 N–H and O–H groups in total. The van der Waals surface area contributed by atoms with Gasteiger partial charge in [0.25, 0.3) is 0 Å². The SMILES string of the molecule is NCc1cc(Br)c(C2CCOCC2)s1. The van der Waals surface area contributed by atoms with E-state index >= 15 is 0 Å². The molecular weight excluding hydrogens is 262 g/mol. The second kappa shape index (κ2) is 4.75. The van der Waals surface area contributed by atoms with Crippen LogP contribution < -0.4 is 5.73 Å². The van der Waals surface area contributed by atoms with Crippen LogP contribution >= 0.6 is 27.3 Å². The quantitative estimate of drug-likeness (QED) is 0.901. The molecule has 0 amide bonds. The highest BCUT2D eigenvalue weighted by atomic mass is 79.9. The van der Waals surface area contributed by atoms with Gasteiger partial charge in [-0.2, -0.15) is 0 Å². The molecule has 2 nitrogen and oxygen atoms in total. The molecule has 0 unspecified atom stereocenters. The van der Waals surface area contributed by atoms with Gasteiger partial charge in [-0.1, -0.05) is 0 Å². The number of hydrogen-bond acceptors (Lipinski definition) is 3. The molecule has 0 aliphatic carbocycles. The van der Waals surface area contributed by atoms with Crippen LogP contribution in [0.4, 0.5) is 0 Å². The lowest BCUT2D eigenvalue weighted by Gasteiger charge is -2.21. The van der Waals surface area contributed by atoms with E-state index in [0.29, 0.717) is 12.5 Å². The van der Waals surface area contributed by atoms with E-state index in [1.807, 2.05) is 11.3 Å². The summed E-state index contributed by atoms with van der Waals surface area (Å²) in [7, 11) is 0. The first-order chi connectivity index (χ1) is 6.81. The number of nitrogens with two attached hydrogens (primary N) is 1. The van der Waals surface area contributed by atoms with Gasteiger partial charge in [0.1, 0.15) is 0 Å². The van der Waals surface area contributed by atoms with Crippen LogP contribution in [0.2, 0.25) is 0 Å². The molecular formula is C10H14BrNOS. The number of rotatable bonds is 2. The van der Waals surface area contributed by atoms with Gasteiger partial charge in [-0.25, -0.2) is 0 Å². The van der Waals surface area contributed by atoms with E-state index in [1.54, 1.807) is 0 Å². The Balaban J connectivity index is 2.17. The first kappa shape index (κ1) is 10.6. The molecule has 1 aliphatic rings. The van der Waals surface area contributed by atoms with Crippen molar-refractivity contribution in [1.29, 1.82) is 0 Å². The first-order valence-corrected chi connectivity index (χ1v) is 6.48. The average Bonchev–Trinajstić information content (AvgIpc) is 2.61. The van der Waals surface area contributed by atoms with E-state index in [2.05, 4.69) is 22.0 Å². The van der Waals surface area contributed by atoms with Crippen LogP contribution in [-0.2, 0) is 11.3 Å². The van der Waals surface area contributed by atoms with Crippen LogP contribution in [-0.4, -0.2) is 13.2 Å². The lowest BCUT2D eigenvalue weighted by Crippen LogP contribution is -2.13. The van der Waals surface area contributed by atoms with Gasteiger partial charge in [-0.05, 0) is 40.8 Å². The zero-order valence-electron chi connectivity index (χ0n) is 7.96. The van der Waals surface area contributed by atoms with Crippen molar-refractivity contribution in [3.63, 3.8) is 0 Å². The van der Waals surface area contributed by atoms with Crippen LogP contribution in [0, 0.1) is 0 Å². The molecule has 0 spiro atoms. The van der Waals surface area contributed by atoms with Gasteiger partial charge in [-0.15, -0.1) is 11.3 Å². The van der Waals surface area contributed by atoms with Crippen LogP contribution in [0.5, 0.6) is 0 Å². The molecule has 1 aromatic rings. The second-order valence-electron chi connectivity index (χ2n) is 3.52. The average molecular weight is 276 g/mol. The fourth-order valence-electron chi connectivity index (χ4n) is 1.77. The Bertz CT molecular complexity index is 307. The number of halogens is 1. The summed E-state index contributed by atoms with van der Waals surface area (Å²) in [6.07, 6.45) is 2.28. The second-order valence-corrected chi connectivity index (χ2v) is 5.54. The molecule has 14 heavy (non-hydrogen) atoms. The highest BCUT2D eigenvalue weighted by Crippen LogP contribution is 2.38. The van der Waals surface area contributed by atoms with Crippen molar-refractivity contribution in [3.05, 3.63) is 20.3 Å². The number of hydrogen-bond donors (Lipinski definition) is 1. The highest BCUT2D eigenvalue weighted by molar-refractivity contribution is 9.10. The Morgan fingerprint density at radius 2 is 2.21 bits per heavy atom. The van der Waals surface area contributed by atoms with E-state index in [1.165, 1.54) is 14.2 Å². The van der Waals surface area contributed by atoms with Crippen molar-refractivity contribution >= 4 is 27.3 Å². The smallest absolute Gasteiger partial charge is 0.0472 e. The molecule has 1 saturated heterocycles. The molecule has 2 heterocycles. The van der Waals surface area contributed by atoms with E-state index < -0.39 is 0 Å². The first-order valence-electron chi connectivity index (χ1n) is 4.87. The molecule has 0 atom stereocenters. The van der Waals surface area contributed by atoms with Crippen molar-refractivity contribution < 1.29 is 4.74 Å². The topological polar surface area (TPSA) is 35.2 Å². The van der Waals surface area contributed by atoms with E-state index in [0.717, 1.165) is 26.1 Å². The summed E-state index contributed by atoms with van der Waals surface area (Å²) in [6, 6.07) is 2.15. The Kier molecular flexibility index (Phi) is 3.60. The minimum Gasteiger partial charge on any atom is -0.381 e. The molecule has 0 bridgehead atoms. The molecule has 1 fully saturated rings. The van der Waals surface area contributed by atoms with Crippen molar-refractivity contribution in [2.75, 3.05) is 13.2 Å². The minimum atomic E-state index is 0.645. The number of ether oxygens (including phenoxy) is 1. The lowest BCUT2D eigenvalue weighted by molar-refractivity contribution is 0.0859. The molecule has 0 saturated carbocycles. The summed E-state index contributed by atoms with van der Waals surface area (Å²) in [5.74, 6) is 0.670. The number of thiophene rings is 1. The van der Waals surface area contributed by atoms with Gasteiger partial charge in [0.15, 0.2) is 0 Å². The molecule has 0 aromatic carbocycles. The maximum absolute atomic E-state index is 5.63. The highest BCUT2D eigenvalue weighted by Gasteiger charge is 2.20. The monoisotopic (exact) mass is 275 g/mol. The Hall–Kier alpha value is 0.1000. The van der Waals surface area contributed by atoms with Crippen LogP contribution in [0.15, 0.2) is 10.5 Å². The van der Waals surface area contributed by atoms with Gasteiger partial charge in [0, 0.05) is 34.0 Å². The molecule has 4 heteroatoms. The van der Waals surface area contributed by atoms with E-state index in [4.69, 9.17) is 10.5 Å². The predicted octanol–water partition coefficient (Wildman–Crippen LogP) is 2.86. The van der Waals surface area contributed by atoms with Gasteiger partial charge in [0.2, 0.25) is 0 Å². The van der Waals surface area contributed by atoms with Crippen LogP contribution in [0.1, 0.15) is 28.5 Å². The van der Waals surface area contributed by atoms with Gasteiger partial charge in [0.05, 0.1) is 0 Å². The third-order valence-corrected chi connectivity index (χ3v) is 4.80. The summed E-state index contributed by atoms with van der Waals surface area (Å²) in [6.45, 7) is 2.44. The zero-order chi connectivity index (χ0) is 9.97. The van der Waals surface area contributed by atoms with Crippen LogP contribution in [0.3, 0.4) is 0 Å². The normalized spacial score (nSPS) is 18.7. The fourth-order valence-corrected chi connectivity index (χ4v) is 3.87. The van der Waals surface area contributed by atoms with Crippen molar-refractivity contribution in [2.24, 2.45) is 5.73 Å². The predicted molar refractivity (Wildman–Crippen MR) is 62.7 cm³/mol. The molecule has 1 aromatic heterocycles. The summed E-state index contributed by atoms with van der Waals surface area (Å²) >= 11 is 5.45. The maximum Gasteiger partial charge on any atom is 0.0472 e. The zero-order valence-corrected chi connectivity index (χ0v) is 10.4. The van der Waals surface area contributed by atoms with Crippen molar-refractivity contribution in [2.45, 2.75) is 25.3 Å². The third kappa shape index (κ3) is 2.19. The molecule has 78 valence electrons. The fraction of sp³-hybridized carbons (Fsp3) is 0.600. The standard InChI is InChI=1S/C10H14BrNOS/c11-9-5-8(6-12)14-10(9)7-1-3-13-4-2-7/h5,7H,1-4,6,12H2. The van der Waals surface area contributed by atoms with E-state index in [9.17, 15) is 0 Å². The van der Waals surface area contributed by atoms with Crippen LogP contribution in [0.25, 0.3) is 0 Å². The van der Waals surface area contributed by atoms with E-state index in [-0.39, 0.29) is 0 Å². The Morgan fingerprint density at radius 3 is 2.79 bits per heavy atom. The third-order valence-electron chi connectivity index (χ3n) is 2.56. The minimum absolute atomic E-state index is 0.645. The summed E-state index contributed by atoms with van der Waals surface area (Å²) in [4.78, 5) is 2.71.